The average molecular weight is 332 g/mol. The summed E-state index contributed by atoms with van der Waals surface area (Å²) < 4.78 is 11.2. The van der Waals surface area contributed by atoms with Gasteiger partial charge in [0, 0.05) is 13.5 Å². The number of hydrogen-bond donors (Lipinski definition) is 2. The Morgan fingerprint density at radius 3 is 2.88 bits per heavy atom. The zero-order valence-corrected chi connectivity index (χ0v) is 13.4. The third-order valence-corrected chi connectivity index (χ3v) is 3.17. The maximum Gasteiger partial charge on any atom is 0.413 e. The van der Waals surface area contributed by atoms with Crippen LogP contribution in [0, 0.1) is 6.92 Å². The molecule has 11 nitrogen and oxygen atoms in total. The molecular formula is C13H16N8O3. The molecule has 0 fully saturated rings. The lowest BCUT2D eigenvalue weighted by Gasteiger charge is -2.09. The number of anilines is 2. The first-order valence-corrected chi connectivity index (χ1v) is 7.22. The number of aromatic nitrogens is 6. The van der Waals surface area contributed by atoms with Gasteiger partial charge in [-0.25, -0.2) is 9.78 Å². The van der Waals surface area contributed by atoms with E-state index < -0.39 is 6.09 Å². The Morgan fingerprint density at radius 1 is 1.38 bits per heavy atom. The van der Waals surface area contributed by atoms with Crippen molar-refractivity contribution < 1.29 is 14.1 Å². The SMILES string of the molecule is CCn1ncc2nc(NC(=O)OC)nc(NCc3noc(C)n3)c21. The Balaban J connectivity index is 1.95. The fraction of sp³-hybridized carbons (Fsp3) is 0.385. The van der Waals surface area contributed by atoms with E-state index >= 15 is 0 Å². The van der Waals surface area contributed by atoms with Crippen LogP contribution in [0.25, 0.3) is 11.0 Å². The van der Waals surface area contributed by atoms with E-state index in [1.165, 1.54) is 7.11 Å². The lowest BCUT2D eigenvalue weighted by atomic mass is 10.4. The molecule has 0 unspecified atom stereocenters. The predicted octanol–water partition coefficient (Wildman–Crippen LogP) is 1.33. The second-order valence-electron chi connectivity index (χ2n) is 4.79. The van der Waals surface area contributed by atoms with Crippen molar-refractivity contribution >= 4 is 28.9 Å². The number of ether oxygens (including phenoxy) is 1. The first kappa shape index (κ1) is 15.6. The summed E-state index contributed by atoms with van der Waals surface area (Å²) in [5, 5.41) is 13.6. The molecule has 0 spiro atoms. The van der Waals surface area contributed by atoms with Crippen molar-refractivity contribution in [3.05, 3.63) is 17.9 Å². The highest BCUT2D eigenvalue weighted by Gasteiger charge is 2.15. The zero-order valence-electron chi connectivity index (χ0n) is 13.4. The average Bonchev–Trinajstić information content (AvgIpc) is 3.18. The van der Waals surface area contributed by atoms with Crippen LogP contribution < -0.4 is 10.6 Å². The predicted molar refractivity (Wildman–Crippen MR) is 83.4 cm³/mol. The first-order valence-electron chi connectivity index (χ1n) is 7.22. The van der Waals surface area contributed by atoms with Gasteiger partial charge in [-0.05, 0) is 6.92 Å². The Hall–Kier alpha value is -3.24. The summed E-state index contributed by atoms with van der Waals surface area (Å²) in [5.41, 5.74) is 1.30. The number of nitrogens with zero attached hydrogens (tertiary/aromatic N) is 6. The van der Waals surface area contributed by atoms with Gasteiger partial charge in [0.05, 0.1) is 19.9 Å². The van der Waals surface area contributed by atoms with E-state index in [-0.39, 0.29) is 5.95 Å². The molecule has 0 bridgehead atoms. The van der Waals surface area contributed by atoms with Crippen molar-refractivity contribution in [2.24, 2.45) is 0 Å². The lowest BCUT2D eigenvalue weighted by Crippen LogP contribution is -2.15. The fourth-order valence-corrected chi connectivity index (χ4v) is 2.14. The van der Waals surface area contributed by atoms with Gasteiger partial charge in [-0.2, -0.15) is 15.1 Å². The molecule has 2 N–H and O–H groups in total. The van der Waals surface area contributed by atoms with Crippen LogP contribution in [0.15, 0.2) is 10.7 Å². The van der Waals surface area contributed by atoms with Gasteiger partial charge in [0.2, 0.25) is 11.8 Å². The topological polar surface area (TPSA) is 133 Å². The minimum absolute atomic E-state index is 0.108. The van der Waals surface area contributed by atoms with Gasteiger partial charge in [-0.1, -0.05) is 5.16 Å². The molecule has 0 aromatic carbocycles. The molecule has 0 aliphatic heterocycles. The van der Waals surface area contributed by atoms with E-state index in [0.717, 1.165) is 0 Å². The van der Waals surface area contributed by atoms with Crippen molar-refractivity contribution in [3.8, 4) is 0 Å². The molecule has 0 saturated heterocycles. The number of hydrogen-bond acceptors (Lipinski definition) is 9. The van der Waals surface area contributed by atoms with Crippen LogP contribution in [0.2, 0.25) is 0 Å². The van der Waals surface area contributed by atoms with Gasteiger partial charge in [0.15, 0.2) is 11.6 Å². The van der Waals surface area contributed by atoms with Crippen LogP contribution in [-0.4, -0.2) is 43.1 Å². The number of rotatable bonds is 5. The van der Waals surface area contributed by atoms with Gasteiger partial charge in [0.25, 0.3) is 0 Å². The second-order valence-corrected chi connectivity index (χ2v) is 4.79. The summed E-state index contributed by atoms with van der Waals surface area (Å²) in [4.78, 5) is 24.1. The summed E-state index contributed by atoms with van der Waals surface area (Å²) >= 11 is 0. The van der Waals surface area contributed by atoms with E-state index in [1.807, 2.05) is 6.92 Å². The van der Waals surface area contributed by atoms with Gasteiger partial charge >= 0.3 is 6.09 Å². The largest absolute Gasteiger partial charge is 0.453 e. The summed E-state index contributed by atoms with van der Waals surface area (Å²) in [7, 11) is 1.26. The van der Waals surface area contributed by atoms with E-state index in [1.54, 1.807) is 17.8 Å². The number of fused-ring (bicyclic) bond motifs is 1. The van der Waals surface area contributed by atoms with E-state index in [9.17, 15) is 4.79 Å². The van der Waals surface area contributed by atoms with Crippen LogP contribution >= 0.6 is 0 Å². The third-order valence-electron chi connectivity index (χ3n) is 3.17. The molecule has 0 atom stereocenters. The summed E-state index contributed by atoms with van der Waals surface area (Å²) in [5.74, 6) is 1.57. The molecule has 3 rings (SSSR count). The molecular weight excluding hydrogens is 316 g/mol. The highest BCUT2D eigenvalue weighted by Crippen LogP contribution is 2.22. The molecule has 126 valence electrons. The van der Waals surface area contributed by atoms with E-state index in [2.05, 4.69) is 40.6 Å². The van der Waals surface area contributed by atoms with E-state index in [4.69, 9.17) is 4.52 Å². The Kier molecular flexibility index (Phi) is 4.22. The fourth-order valence-electron chi connectivity index (χ4n) is 2.14. The number of nitrogens with one attached hydrogen (secondary N) is 2. The first-order chi connectivity index (χ1) is 11.6. The Labute approximate surface area is 136 Å². The monoisotopic (exact) mass is 332 g/mol. The summed E-state index contributed by atoms with van der Waals surface area (Å²) in [6.07, 6.45) is 0.948. The maximum absolute atomic E-state index is 11.4. The molecule has 0 aliphatic rings. The van der Waals surface area contributed by atoms with Crippen molar-refractivity contribution in [2.45, 2.75) is 26.9 Å². The van der Waals surface area contributed by atoms with Crippen LogP contribution in [0.4, 0.5) is 16.6 Å². The zero-order chi connectivity index (χ0) is 17.1. The molecule has 1 amide bonds. The van der Waals surface area contributed by atoms with Crippen LogP contribution in [0.1, 0.15) is 18.6 Å². The lowest BCUT2D eigenvalue weighted by molar-refractivity contribution is 0.186. The summed E-state index contributed by atoms with van der Waals surface area (Å²) in [6, 6.07) is 0. The quantitative estimate of drug-likeness (QED) is 0.709. The minimum Gasteiger partial charge on any atom is -0.453 e. The smallest absolute Gasteiger partial charge is 0.413 e. The normalized spacial score (nSPS) is 10.8. The van der Waals surface area contributed by atoms with Gasteiger partial charge in [-0.3, -0.25) is 10.00 Å². The van der Waals surface area contributed by atoms with Crippen LogP contribution in [0.3, 0.4) is 0 Å². The van der Waals surface area contributed by atoms with E-state index in [0.29, 0.717) is 41.7 Å². The Morgan fingerprint density at radius 2 is 2.21 bits per heavy atom. The molecule has 0 saturated carbocycles. The highest BCUT2D eigenvalue weighted by molar-refractivity contribution is 5.89. The molecule has 3 aromatic heterocycles. The minimum atomic E-state index is -0.656. The Bertz CT molecular complexity index is 871. The number of methoxy groups -OCH3 is 1. The molecule has 0 aliphatic carbocycles. The van der Waals surface area contributed by atoms with Crippen molar-refractivity contribution in [3.63, 3.8) is 0 Å². The molecule has 0 radical (unpaired) electrons. The number of aryl methyl sites for hydroxylation is 2. The highest BCUT2D eigenvalue weighted by atomic mass is 16.5. The van der Waals surface area contributed by atoms with Gasteiger partial charge in [-0.15, -0.1) is 0 Å². The molecule has 3 aromatic rings. The molecule has 3 heterocycles. The van der Waals surface area contributed by atoms with Crippen LogP contribution in [0.5, 0.6) is 0 Å². The second kappa shape index (κ2) is 6.48. The number of carbonyl (C=O) groups excluding carboxylic acids is 1. The van der Waals surface area contributed by atoms with Gasteiger partial charge < -0.3 is 14.6 Å². The van der Waals surface area contributed by atoms with Crippen molar-refractivity contribution in [1.82, 2.24) is 29.9 Å². The molecule has 24 heavy (non-hydrogen) atoms. The number of carbonyl (C=O) groups is 1. The summed E-state index contributed by atoms with van der Waals surface area (Å²) in [6.45, 7) is 4.62. The molecule has 11 heteroatoms. The maximum atomic E-state index is 11.4. The van der Waals surface area contributed by atoms with Crippen LogP contribution in [-0.2, 0) is 17.8 Å². The number of amides is 1. The third kappa shape index (κ3) is 3.09. The standard InChI is InChI=1S/C13H16N8O3/c1-4-21-10-8(5-15-21)17-12(19-13(22)23-3)18-11(10)14-6-9-16-7(2)24-20-9/h5H,4,6H2,1-3H3,(H2,14,17,18,19,22). The van der Waals surface area contributed by atoms with Crippen molar-refractivity contribution in [1.29, 1.82) is 0 Å². The van der Waals surface area contributed by atoms with Crippen molar-refractivity contribution in [2.75, 3.05) is 17.7 Å². The van der Waals surface area contributed by atoms with Gasteiger partial charge in [0.1, 0.15) is 11.0 Å².